The second-order valence-electron chi connectivity index (χ2n) is 5.95. The number of ether oxygens (including phenoxy) is 2. The van der Waals surface area contributed by atoms with Crippen molar-refractivity contribution in [2.24, 2.45) is 0 Å². The van der Waals surface area contributed by atoms with Crippen molar-refractivity contribution >= 4 is 39.4 Å². The molecule has 3 aromatic rings. The largest absolute Gasteiger partial charge is 0.496 e. The van der Waals surface area contributed by atoms with Gasteiger partial charge >= 0.3 is 7.12 Å². The number of hydrogen-bond acceptors (Lipinski definition) is 8. The Kier molecular flexibility index (Phi) is 5.50. The van der Waals surface area contributed by atoms with Crippen LogP contribution in [-0.4, -0.2) is 45.0 Å². The molecule has 0 fully saturated rings. The Morgan fingerprint density at radius 1 is 1.14 bits per heavy atom. The van der Waals surface area contributed by atoms with Crippen molar-refractivity contribution in [1.29, 1.82) is 0 Å². The molecule has 0 amide bonds. The number of rotatable bonds is 7. The van der Waals surface area contributed by atoms with E-state index in [2.05, 4.69) is 9.88 Å². The minimum Gasteiger partial charge on any atom is -0.496 e. The van der Waals surface area contributed by atoms with E-state index in [-0.39, 0.29) is 38.6 Å². The third kappa shape index (κ3) is 3.64. The molecule has 1 heterocycles. The van der Waals surface area contributed by atoms with Crippen molar-refractivity contribution in [2.45, 2.75) is 18.2 Å². The van der Waals surface area contributed by atoms with E-state index in [1.54, 1.807) is 12.1 Å². The van der Waals surface area contributed by atoms with Gasteiger partial charge in [0.2, 0.25) is 0 Å². The fourth-order valence-electron chi connectivity index (χ4n) is 2.77. The summed E-state index contributed by atoms with van der Waals surface area (Å²) in [5.41, 5.74) is 1.08. The predicted molar refractivity (Wildman–Crippen MR) is 104 cm³/mol. The molecule has 11 heteroatoms. The second-order valence-corrected chi connectivity index (χ2v) is 7.60. The first kappa shape index (κ1) is 20.0. The Morgan fingerprint density at radius 3 is 2.46 bits per heavy atom. The van der Waals surface area contributed by atoms with E-state index >= 15 is 0 Å². The molecule has 28 heavy (non-hydrogen) atoms. The van der Waals surface area contributed by atoms with Crippen LogP contribution in [-0.2, 0) is 16.4 Å². The first-order chi connectivity index (χ1) is 13.3. The van der Waals surface area contributed by atoms with Gasteiger partial charge in [-0.3, -0.25) is 4.72 Å². The normalized spacial score (nSPS) is 11.5. The molecule has 9 nitrogen and oxygen atoms in total. The summed E-state index contributed by atoms with van der Waals surface area (Å²) in [5, 5.41) is 22.7. The van der Waals surface area contributed by atoms with Crippen LogP contribution in [0.15, 0.2) is 39.8 Å². The van der Waals surface area contributed by atoms with Crippen LogP contribution in [0.25, 0.3) is 11.0 Å². The number of nitrogens with zero attached hydrogens (tertiary/aromatic N) is 1. The Balaban J connectivity index is 2.10. The quantitative estimate of drug-likeness (QED) is 0.493. The molecule has 0 bridgehead atoms. The van der Waals surface area contributed by atoms with E-state index in [0.29, 0.717) is 6.42 Å². The molecule has 0 saturated carbocycles. The van der Waals surface area contributed by atoms with Gasteiger partial charge in [-0.15, -0.1) is 0 Å². The minimum absolute atomic E-state index is 0.0353. The molecule has 0 saturated heterocycles. The fourth-order valence-corrected chi connectivity index (χ4v) is 4.00. The summed E-state index contributed by atoms with van der Waals surface area (Å²) in [5.74, 6) is 0.277. The van der Waals surface area contributed by atoms with E-state index in [9.17, 15) is 18.5 Å². The summed E-state index contributed by atoms with van der Waals surface area (Å²) >= 11 is 0. The van der Waals surface area contributed by atoms with Crippen molar-refractivity contribution in [3.8, 4) is 11.5 Å². The van der Waals surface area contributed by atoms with Crippen molar-refractivity contribution in [2.75, 3.05) is 18.9 Å². The standard InChI is InChI=1S/C17H19BN2O7S/c1-4-10-5-6-12(25-2)15(7-10)28(23,24)20-17-16-13(26-3)8-11(18(21)22)9-14(16)27-19-17/h5-9,21-22H,4H2,1-3H3,(H,19,20). The van der Waals surface area contributed by atoms with Gasteiger partial charge in [0.15, 0.2) is 11.4 Å². The molecule has 0 aliphatic rings. The number of methoxy groups -OCH3 is 2. The highest BCUT2D eigenvalue weighted by Crippen LogP contribution is 2.34. The molecule has 0 aliphatic carbocycles. The van der Waals surface area contributed by atoms with Gasteiger partial charge < -0.3 is 24.0 Å². The summed E-state index contributed by atoms with van der Waals surface area (Å²) in [6.45, 7) is 1.91. The first-order valence-corrected chi connectivity index (χ1v) is 9.82. The first-order valence-electron chi connectivity index (χ1n) is 8.34. The Morgan fingerprint density at radius 2 is 1.86 bits per heavy atom. The third-order valence-electron chi connectivity index (χ3n) is 4.24. The topological polar surface area (TPSA) is 131 Å². The molecule has 0 spiro atoms. The van der Waals surface area contributed by atoms with E-state index in [4.69, 9.17) is 14.0 Å². The SMILES string of the molecule is CCc1ccc(OC)c(S(=O)(=O)Nc2noc3cc(B(O)O)cc(OC)c23)c1. The van der Waals surface area contributed by atoms with E-state index in [1.165, 1.54) is 32.4 Å². The zero-order valence-electron chi connectivity index (χ0n) is 15.5. The molecular formula is C17H19BN2O7S. The van der Waals surface area contributed by atoms with Crippen LogP contribution >= 0.6 is 0 Å². The van der Waals surface area contributed by atoms with Crippen molar-refractivity contribution < 1.29 is 32.5 Å². The van der Waals surface area contributed by atoms with Crippen LogP contribution < -0.4 is 19.7 Å². The van der Waals surface area contributed by atoms with Crippen LogP contribution in [0, 0.1) is 0 Å². The number of sulfonamides is 1. The lowest BCUT2D eigenvalue weighted by molar-refractivity contribution is 0.402. The third-order valence-corrected chi connectivity index (χ3v) is 5.60. The zero-order chi connectivity index (χ0) is 20.5. The second kappa shape index (κ2) is 7.70. The number of fused-ring (bicyclic) bond motifs is 1. The molecule has 1 aromatic heterocycles. The predicted octanol–water partition coefficient (Wildman–Crippen LogP) is 0.888. The number of anilines is 1. The molecule has 148 valence electrons. The van der Waals surface area contributed by atoms with E-state index in [0.717, 1.165) is 5.56 Å². The van der Waals surface area contributed by atoms with Crippen LogP contribution in [0.4, 0.5) is 5.82 Å². The molecule has 2 aromatic carbocycles. The zero-order valence-corrected chi connectivity index (χ0v) is 16.3. The van der Waals surface area contributed by atoms with Crippen molar-refractivity contribution in [3.05, 3.63) is 35.9 Å². The average Bonchev–Trinajstić information content (AvgIpc) is 3.08. The van der Waals surface area contributed by atoms with E-state index in [1.807, 2.05) is 6.92 Å². The lowest BCUT2D eigenvalue weighted by Gasteiger charge is -2.12. The number of hydrogen-bond donors (Lipinski definition) is 3. The van der Waals surface area contributed by atoms with Gasteiger partial charge in [-0.25, -0.2) is 8.42 Å². The van der Waals surface area contributed by atoms with Gasteiger partial charge in [0.05, 0.1) is 14.2 Å². The number of aryl methyl sites for hydroxylation is 1. The van der Waals surface area contributed by atoms with Gasteiger partial charge in [0.25, 0.3) is 10.0 Å². The summed E-state index contributed by atoms with van der Waals surface area (Å²) in [6, 6.07) is 7.60. The summed E-state index contributed by atoms with van der Waals surface area (Å²) < 4.78 is 43.9. The highest BCUT2D eigenvalue weighted by molar-refractivity contribution is 7.92. The van der Waals surface area contributed by atoms with Gasteiger partial charge in [0, 0.05) is 0 Å². The minimum atomic E-state index is -4.05. The maximum atomic E-state index is 13.0. The number of nitrogens with one attached hydrogen (secondary N) is 1. The highest BCUT2D eigenvalue weighted by atomic mass is 32.2. The maximum absolute atomic E-state index is 13.0. The fraction of sp³-hybridized carbons (Fsp3) is 0.235. The molecule has 3 N–H and O–H groups in total. The molecule has 0 unspecified atom stereocenters. The van der Waals surface area contributed by atoms with Crippen molar-refractivity contribution in [3.63, 3.8) is 0 Å². The maximum Gasteiger partial charge on any atom is 0.488 e. The molecular weight excluding hydrogens is 387 g/mol. The van der Waals surface area contributed by atoms with E-state index < -0.39 is 17.1 Å². The van der Waals surface area contributed by atoms with Gasteiger partial charge in [0.1, 0.15) is 21.8 Å². The summed E-state index contributed by atoms with van der Waals surface area (Å²) in [7, 11) is -3.05. The van der Waals surface area contributed by atoms with Crippen LogP contribution in [0.1, 0.15) is 12.5 Å². The Bertz CT molecular complexity index is 1110. The average molecular weight is 406 g/mol. The highest BCUT2D eigenvalue weighted by Gasteiger charge is 2.26. The Hall–Kier alpha value is -2.76. The van der Waals surface area contributed by atoms with Crippen molar-refractivity contribution in [1.82, 2.24) is 5.16 Å². The van der Waals surface area contributed by atoms with Crippen LogP contribution in [0.5, 0.6) is 11.5 Å². The molecule has 0 atom stereocenters. The summed E-state index contributed by atoms with van der Waals surface area (Å²) in [6.07, 6.45) is 0.652. The lowest BCUT2D eigenvalue weighted by atomic mass is 9.80. The summed E-state index contributed by atoms with van der Waals surface area (Å²) in [4.78, 5) is -0.0353. The molecule has 0 aliphatic heterocycles. The lowest BCUT2D eigenvalue weighted by Crippen LogP contribution is -2.29. The van der Waals surface area contributed by atoms with Crippen LogP contribution in [0.3, 0.4) is 0 Å². The number of aromatic nitrogens is 1. The van der Waals surface area contributed by atoms with Gasteiger partial charge in [-0.1, -0.05) is 18.1 Å². The number of benzene rings is 2. The molecule has 0 radical (unpaired) electrons. The monoisotopic (exact) mass is 406 g/mol. The Labute approximate surface area is 162 Å². The van der Waals surface area contributed by atoms with Gasteiger partial charge in [-0.2, -0.15) is 0 Å². The van der Waals surface area contributed by atoms with Gasteiger partial charge in [-0.05, 0) is 41.7 Å². The molecule has 3 rings (SSSR count). The smallest absolute Gasteiger partial charge is 0.488 e. The van der Waals surface area contributed by atoms with Crippen LogP contribution in [0.2, 0.25) is 0 Å².